The molecule has 8 heteroatoms. The van der Waals surface area contributed by atoms with Gasteiger partial charge in [0.1, 0.15) is 5.75 Å². The van der Waals surface area contributed by atoms with Crippen LogP contribution >= 0.6 is 22.9 Å². The fourth-order valence-corrected chi connectivity index (χ4v) is 4.76. The predicted molar refractivity (Wildman–Crippen MR) is 120 cm³/mol. The van der Waals surface area contributed by atoms with Gasteiger partial charge in [-0.1, -0.05) is 53.3 Å². The minimum Gasteiger partial charge on any atom is -0.497 e. The first-order chi connectivity index (χ1) is 14.9. The molecule has 0 radical (unpaired) electrons. The van der Waals surface area contributed by atoms with Crippen molar-refractivity contribution in [3.8, 4) is 5.75 Å². The number of ether oxygens (including phenoxy) is 2. The lowest BCUT2D eigenvalue weighted by Crippen LogP contribution is -2.39. The molecule has 6 nitrogen and oxygen atoms in total. The molecule has 0 fully saturated rings. The molecule has 31 heavy (non-hydrogen) atoms. The van der Waals surface area contributed by atoms with Gasteiger partial charge < -0.3 is 9.47 Å². The molecule has 0 unspecified atom stereocenters. The second-order valence-electron chi connectivity index (χ2n) is 6.87. The average molecular weight is 455 g/mol. The Morgan fingerprint density at radius 1 is 1.16 bits per heavy atom. The zero-order valence-corrected chi connectivity index (χ0v) is 18.7. The number of carbonyl (C=O) groups excluding carboxylic acids is 1. The third-order valence-corrected chi connectivity index (χ3v) is 6.38. The second-order valence-corrected chi connectivity index (χ2v) is 8.28. The summed E-state index contributed by atoms with van der Waals surface area (Å²) in [6, 6.07) is 13.9. The van der Waals surface area contributed by atoms with Gasteiger partial charge in [0.2, 0.25) is 0 Å². The molecule has 0 amide bonds. The Morgan fingerprint density at radius 3 is 2.52 bits per heavy atom. The number of allylic oxidation sites excluding steroid dienone is 1. The van der Waals surface area contributed by atoms with Gasteiger partial charge >= 0.3 is 5.97 Å². The van der Waals surface area contributed by atoms with Crippen molar-refractivity contribution in [3.05, 3.63) is 95.6 Å². The van der Waals surface area contributed by atoms with E-state index >= 15 is 0 Å². The van der Waals surface area contributed by atoms with Crippen molar-refractivity contribution in [1.29, 1.82) is 0 Å². The number of halogens is 1. The van der Waals surface area contributed by atoms with Gasteiger partial charge in [0.15, 0.2) is 4.80 Å². The van der Waals surface area contributed by atoms with Crippen molar-refractivity contribution in [2.75, 3.05) is 14.2 Å². The van der Waals surface area contributed by atoms with E-state index in [2.05, 4.69) is 4.99 Å². The molecule has 1 aliphatic heterocycles. The lowest BCUT2D eigenvalue weighted by molar-refractivity contribution is -0.136. The van der Waals surface area contributed by atoms with Crippen LogP contribution in [0.25, 0.3) is 6.08 Å². The molecule has 0 saturated carbocycles. The van der Waals surface area contributed by atoms with E-state index in [9.17, 15) is 9.59 Å². The van der Waals surface area contributed by atoms with Crippen LogP contribution in [-0.2, 0) is 9.53 Å². The number of fused-ring (bicyclic) bond motifs is 1. The van der Waals surface area contributed by atoms with E-state index in [0.29, 0.717) is 31.4 Å². The highest BCUT2D eigenvalue weighted by atomic mass is 35.5. The smallest absolute Gasteiger partial charge is 0.338 e. The van der Waals surface area contributed by atoms with Gasteiger partial charge in [0.05, 0.1) is 36.1 Å². The summed E-state index contributed by atoms with van der Waals surface area (Å²) >= 11 is 7.53. The molecule has 4 rings (SSSR count). The van der Waals surface area contributed by atoms with Crippen molar-refractivity contribution in [2.45, 2.75) is 13.0 Å². The summed E-state index contributed by atoms with van der Waals surface area (Å²) in [5.41, 5.74) is 2.07. The lowest BCUT2D eigenvalue weighted by Gasteiger charge is -2.24. The average Bonchev–Trinajstić information content (AvgIpc) is 3.08. The van der Waals surface area contributed by atoms with Crippen molar-refractivity contribution < 1.29 is 14.3 Å². The fourth-order valence-electron chi connectivity index (χ4n) is 3.53. The third kappa shape index (κ3) is 3.82. The highest BCUT2D eigenvalue weighted by molar-refractivity contribution is 7.07. The van der Waals surface area contributed by atoms with Gasteiger partial charge in [-0.25, -0.2) is 9.79 Å². The van der Waals surface area contributed by atoms with E-state index < -0.39 is 12.0 Å². The Hall–Kier alpha value is -3.16. The van der Waals surface area contributed by atoms with Gasteiger partial charge in [-0.05, 0) is 42.3 Å². The molecule has 1 aromatic heterocycles. The number of benzene rings is 2. The molecule has 2 aromatic carbocycles. The minimum absolute atomic E-state index is 0.251. The molecule has 158 valence electrons. The Morgan fingerprint density at radius 2 is 1.87 bits per heavy atom. The van der Waals surface area contributed by atoms with Crippen molar-refractivity contribution in [3.63, 3.8) is 0 Å². The Kier molecular flexibility index (Phi) is 5.80. The first kappa shape index (κ1) is 21.1. The molecule has 3 aromatic rings. The van der Waals surface area contributed by atoms with Crippen LogP contribution in [-0.4, -0.2) is 24.8 Å². The van der Waals surface area contributed by atoms with E-state index in [1.165, 1.54) is 23.0 Å². The SMILES string of the molecule is COC(=O)C1=C(C)N=c2s/c(=C\c3ccccc3Cl)c(=O)n2[C@@H]1c1ccc(OC)cc1. The molecule has 0 spiro atoms. The first-order valence-electron chi connectivity index (χ1n) is 9.44. The quantitative estimate of drug-likeness (QED) is 0.568. The number of rotatable bonds is 4. The van der Waals surface area contributed by atoms with Crippen molar-refractivity contribution in [1.82, 2.24) is 4.57 Å². The number of thiazole rings is 1. The van der Waals surface area contributed by atoms with Gasteiger partial charge in [-0.2, -0.15) is 0 Å². The minimum atomic E-state index is -0.664. The zero-order valence-electron chi connectivity index (χ0n) is 17.1. The molecule has 0 aliphatic carbocycles. The summed E-state index contributed by atoms with van der Waals surface area (Å²) < 4.78 is 12.3. The number of methoxy groups -OCH3 is 2. The van der Waals surface area contributed by atoms with Gasteiger partial charge in [0.25, 0.3) is 5.56 Å². The molecule has 1 aliphatic rings. The highest BCUT2D eigenvalue weighted by Gasteiger charge is 2.33. The Bertz CT molecular complexity index is 1370. The summed E-state index contributed by atoms with van der Waals surface area (Å²) in [5, 5.41) is 0.548. The molecule has 0 N–H and O–H groups in total. The monoisotopic (exact) mass is 454 g/mol. The maximum atomic E-state index is 13.4. The van der Waals surface area contributed by atoms with Gasteiger partial charge in [0, 0.05) is 5.02 Å². The van der Waals surface area contributed by atoms with Crippen LogP contribution < -0.4 is 19.6 Å². The molecule has 1 atom stereocenters. The van der Waals surface area contributed by atoms with E-state index in [1.807, 2.05) is 30.3 Å². The van der Waals surface area contributed by atoms with E-state index in [4.69, 9.17) is 21.1 Å². The zero-order chi connectivity index (χ0) is 22.1. The molecular formula is C23H19ClN2O4S. The third-order valence-electron chi connectivity index (χ3n) is 5.05. The standard InChI is InChI=1S/C23H19ClN2O4S/c1-13-19(22(28)30-3)20(14-8-10-16(29-2)11-9-14)26-21(27)18(31-23(26)25-13)12-15-6-4-5-7-17(15)24/h4-12,20H,1-3H3/b18-12-/t20-/m1/s1. The number of aromatic nitrogens is 1. The fraction of sp³-hybridized carbons (Fsp3) is 0.174. The maximum Gasteiger partial charge on any atom is 0.338 e. The van der Waals surface area contributed by atoms with Crippen LogP contribution in [0.15, 0.2) is 69.6 Å². The maximum absolute atomic E-state index is 13.4. The normalized spacial score (nSPS) is 16.0. The van der Waals surface area contributed by atoms with E-state index in [0.717, 1.165) is 11.1 Å². The van der Waals surface area contributed by atoms with Crippen LogP contribution in [0.4, 0.5) is 0 Å². The van der Waals surface area contributed by atoms with Crippen LogP contribution in [0.5, 0.6) is 5.75 Å². The van der Waals surface area contributed by atoms with Crippen LogP contribution in [0.3, 0.4) is 0 Å². The summed E-state index contributed by atoms with van der Waals surface area (Å²) in [5.74, 6) is 0.151. The summed E-state index contributed by atoms with van der Waals surface area (Å²) in [6.45, 7) is 1.74. The van der Waals surface area contributed by atoms with Crippen LogP contribution in [0.2, 0.25) is 5.02 Å². The molecule has 2 heterocycles. The topological polar surface area (TPSA) is 69.9 Å². The second kappa shape index (κ2) is 8.53. The van der Waals surface area contributed by atoms with Gasteiger partial charge in [-0.3, -0.25) is 9.36 Å². The molecule has 0 bridgehead atoms. The number of hydrogen-bond acceptors (Lipinski definition) is 6. The van der Waals surface area contributed by atoms with Gasteiger partial charge in [-0.15, -0.1) is 0 Å². The Labute approximate surface area is 187 Å². The number of nitrogens with zero attached hydrogens (tertiary/aromatic N) is 2. The predicted octanol–water partition coefficient (Wildman–Crippen LogP) is 3.07. The Balaban J connectivity index is 1.97. The van der Waals surface area contributed by atoms with E-state index in [1.54, 1.807) is 38.3 Å². The van der Waals surface area contributed by atoms with Crippen molar-refractivity contribution >= 4 is 35.0 Å². The molecular weight excluding hydrogens is 436 g/mol. The largest absolute Gasteiger partial charge is 0.497 e. The van der Waals surface area contributed by atoms with Crippen LogP contribution in [0, 0.1) is 0 Å². The highest BCUT2D eigenvalue weighted by Crippen LogP contribution is 2.31. The van der Waals surface area contributed by atoms with Crippen molar-refractivity contribution in [2.24, 2.45) is 4.99 Å². The lowest BCUT2D eigenvalue weighted by atomic mass is 9.96. The van der Waals surface area contributed by atoms with E-state index in [-0.39, 0.29) is 5.56 Å². The number of hydrogen-bond donors (Lipinski definition) is 0. The number of esters is 1. The number of carbonyl (C=O) groups is 1. The summed E-state index contributed by atoms with van der Waals surface area (Å²) in [4.78, 5) is 31.1. The first-order valence-corrected chi connectivity index (χ1v) is 10.6. The summed E-state index contributed by atoms with van der Waals surface area (Å²) in [7, 11) is 2.90. The summed E-state index contributed by atoms with van der Waals surface area (Å²) in [6.07, 6.45) is 1.74. The molecule has 0 saturated heterocycles. The van der Waals surface area contributed by atoms with Crippen LogP contribution in [0.1, 0.15) is 24.1 Å².